The first-order chi connectivity index (χ1) is 13.1. The lowest BCUT2D eigenvalue weighted by Crippen LogP contribution is -2.38. The number of amides is 2. The number of nitrogens with zero attached hydrogens (tertiary/aromatic N) is 1. The first-order valence-corrected chi connectivity index (χ1v) is 10.8. The molecule has 0 radical (unpaired) electrons. The van der Waals surface area contributed by atoms with E-state index in [2.05, 4.69) is 26.6 Å². The second kappa shape index (κ2) is 9.51. The van der Waals surface area contributed by atoms with Crippen molar-refractivity contribution in [1.29, 1.82) is 0 Å². The molecular formula is C18H19BrClN3O4S. The lowest BCUT2D eigenvalue weighted by atomic mass is 10.2. The summed E-state index contributed by atoms with van der Waals surface area (Å²) in [6.07, 6.45) is 0. The summed E-state index contributed by atoms with van der Waals surface area (Å²) in [5.74, 6) is -0.713. The minimum atomic E-state index is -3.85. The summed E-state index contributed by atoms with van der Waals surface area (Å²) in [4.78, 5) is 23.2. The Kier molecular flexibility index (Phi) is 7.59. The highest BCUT2D eigenvalue weighted by Crippen LogP contribution is 2.21. The summed E-state index contributed by atoms with van der Waals surface area (Å²) < 4.78 is 27.0. The quantitative estimate of drug-likeness (QED) is 0.626. The highest BCUT2D eigenvalue weighted by Gasteiger charge is 2.23. The Hall–Kier alpha value is -1.94. The van der Waals surface area contributed by atoms with Crippen LogP contribution in [-0.2, 0) is 26.2 Å². The highest BCUT2D eigenvalue weighted by atomic mass is 79.9. The summed E-state index contributed by atoms with van der Waals surface area (Å²) in [6, 6.07) is 11.0. The van der Waals surface area contributed by atoms with E-state index in [1.54, 1.807) is 18.2 Å². The molecule has 0 fully saturated rings. The molecule has 0 aliphatic heterocycles. The third-order valence-corrected chi connectivity index (χ3v) is 6.40. The van der Waals surface area contributed by atoms with Crippen LogP contribution in [0.25, 0.3) is 0 Å². The molecule has 2 rings (SSSR count). The average Bonchev–Trinajstić information content (AvgIpc) is 2.60. The van der Waals surface area contributed by atoms with Gasteiger partial charge in [-0.3, -0.25) is 9.59 Å². The molecule has 0 unspecified atom stereocenters. The monoisotopic (exact) mass is 487 g/mol. The Bertz CT molecular complexity index is 981. The number of likely N-dealkylation sites (N-methyl/N-ethyl adjacent to an activating group) is 1. The molecule has 0 aliphatic carbocycles. The maximum Gasteiger partial charge on any atom is 0.243 e. The Morgan fingerprint density at radius 2 is 1.79 bits per heavy atom. The number of nitrogens with one attached hydrogen (secondary N) is 2. The zero-order valence-corrected chi connectivity index (χ0v) is 18.4. The zero-order valence-electron chi connectivity index (χ0n) is 15.2. The van der Waals surface area contributed by atoms with E-state index in [-0.39, 0.29) is 23.9 Å². The van der Waals surface area contributed by atoms with Gasteiger partial charge in [-0.1, -0.05) is 33.6 Å². The summed E-state index contributed by atoms with van der Waals surface area (Å²) in [5.41, 5.74) is 1.20. The van der Waals surface area contributed by atoms with Crippen molar-refractivity contribution in [3.05, 3.63) is 57.5 Å². The Labute approximate surface area is 177 Å². The molecule has 2 aromatic rings. The number of benzene rings is 2. The van der Waals surface area contributed by atoms with Crippen LogP contribution >= 0.6 is 27.5 Å². The molecule has 150 valence electrons. The SMILES string of the molecule is CC(=O)Nc1ccc(S(=O)(=O)N(C)CC(=O)NCc2ccc(Br)cc2Cl)cc1. The van der Waals surface area contributed by atoms with E-state index in [1.807, 2.05) is 0 Å². The molecule has 7 nitrogen and oxygen atoms in total. The standard InChI is InChI=1S/C18H19BrClN3O4S/c1-12(24)22-15-5-7-16(8-6-15)28(26,27)23(2)11-18(25)21-10-13-3-4-14(19)9-17(13)20/h3-9H,10-11H2,1-2H3,(H,21,25)(H,22,24). The minimum absolute atomic E-state index is 0.0212. The van der Waals surface area contributed by atoms with Crippen LogP contribution in [-0.4, -0.2) is 38.1 Å². The molecule has 0 heterocycles. The molecule has 0 saturated carbocycles. The van der Waals surface area contributed by atoms with Gasteiger partial charge in [0.1, 0.15) is 0 Å². The van der Waals surface area contributed by atoms with Crippen molar-refractivity contribution < 1.29 is 18.0 Å². The highest BCUT2D eigenvalue weighted by molar-refractivity contribution is 9.10. The number of carbonyl (C=O) groups is 2. The molecule has 2 amide bonds. The predicted octanol–water partition coefficient (Wildman–Crippen LogP) is 3.00. The van der Waals surface area contributed by atoms with Gasteiger partial charge < -0.3 is 10.6 Å². The normalized spacial score (nSPS) is 11.3. The van der Waals surface area contributed by atoms with Crippen molar-refractivity contribution in [2.75, 3.05) is 18.9 Å². The minimum Gasteiger partial charge on any atom is -0.351 e. The van der Waals surface area contributed by atoms with Gasteiger partial charge in [0.15, 0.2) is 0 Å². The van der Waals surface area contributed by atoms with E-state index in [9.17, 15) is 18.0 Å². The van der Waals surface area contributed by atoms with E-state index in [4.69, 9.17) is 11.6 Å². The van der Waals surface area contributed by atoms with Gasteiger partial charge in [-0.2, -0.15) is 4.31 Å². The first-order valence-electron chi connectivity index (χ1n) is 8.14. The summed E-state index contributed by atoms with van der Waals surface area (Å²) in [5, 5.41) is 5.71. The van der Waals surface area contributed by atoms with Gasteiger partial charge in [0.25, 0.3) is 0 Å². The van der Waals surface area contributed by atoms with E-state index >= 15 is 0 Å². The topological polar surface area (TPSA) is 95.6 Å². The van der Waals surface area contributed by atoms with Gasteiger partial charge in [0.05, 0.1) is 11.4 Å². The molecule has 0 atom stereocenters. The number of hydrogen-bond donors (Lipinski definition) is 2. The van der Waals surface area contributed by atoms with E-state index < -0.39 is 15.9 Å². The zero-order chi connectivity index (χ0) is 20.9. The van der Waals surface area contributed by atoms with Crippen LogP contribution in [0.4, 0.5) is 5.69 Å². The third-order valence-electron chi connectivity index (χ3n) is 3.74. The van der Waals surface area contributed by atoms with E-state index in [0.29, 0.717) is 10.7 Å². The maximum absolute atomic E-state index is 12.6. The number of rotatable bonds is 7. The molecule has 10 heteroatoms. The third kappa shape index (κ3) is 6.03. The van der Waals surface area contributed by atoms with Crippen LogP contribution in [0.3, 0.4) is 0 Å². The van der Waals surface area contributed by atoms with Crippen LogP contribution in [0.2, 0.25) is 5.02 Å². The maximum atomic E-state index is 12.6. The van der Waals surface area contributed by atoms with Crippen LogP contribution in [0.5, 0.6) is 0 Å². The Balaban J connectivity index is 1.98. The van der Waals surface area contributed by atoms with Gasteiger partial charge in [-0.25, -0.2) is 8.42 Å². The second-order valence-electron chi connectivity index (χ2n) is 5.98. The van der Waals surface area contributed by atoms with Crippen molar-refractivity contribution >= 4 is 55.1 Å². The van der Waals surface area contributed by atoms with Gasteiger partial charge in [0.2, 0.25) is 21.8 Å². The smallest absolute Gasteiger partial charge is 0.243 e. The molecule has 0 saturated heterocycles. The summed E-state index contributed by atoms with van der Waals surface area (Å²) in [6.45, 7) is 1.20. The largest absolute Gasteiger partial charge is 0.351 e. The molecular weight excluding hydrogens is 470 g/mol. The fraction of sp³-hybridized carbons (Fsp3) is 0.222. The number of sulfonamides is 1. The Morgan fingerprint density at radius 1 is 1.14 bits per heavy atom. The summed E-state index contributed by atoms with van der Waals surface area (Å²) in [7, 11) is -2.53. The number of hydrogen-bond acceptors (Lipinski definition) is 4. The van der Waals surface area contributed by atoms with Crippen molar-refractivity contribution in [3.8, 4) is 0 Å². The van der Waals surface area contributed by atoms with Gasteiger partial charge >= 0.3 is 0 Å². The fourth-order valence-electron chi connectivity index (χ4n) is 2.30. The van der Waals surface area contributed by atoms with Gasteiger partial charge in [-0.05, 0) is 42.0 Å². The van der Waals surface area contributed by atoms with Crippen LogP contribution in [0.15, 0.2) is 51.8 Å². The van der Waals surface area contributed by atoms with Gasteiger partial charge in [0, 0.05) is 35.7 Å². The predicted molar refractivity (Wildman–Crippen MR) is 112 cm³/mol. The average molecular weight is 489 g/mol. The molecule has 0 bridgehead atoms. The number of anilines is 1. The Morgan fingerprint density at radius 3 is 2.36 bits per heavy atom. The van der Waals surface area contributed by atoms with E-state index in [1.165, 1.54) is 38.2 Å². The summed E-state index contributed by atoms with van der Waals surface area (Å²) >= 11 is 9.41. The molecule has 2 aromatic carbocycles. The first kappa shape index (κ1) is 22.4. The molecule has 0 aliphatic rings. The van der Waals surface area contributed by atoms with Crippen LogP contribution in [0.1, 0.15) is 12.5 Å². The van der Waals surface area contributed by atoms with Crippen molar-refractivity contribution in [3.63, 3.8) is 0 Å². The lowest BCUT2D eigenvalue weighted by Gasteiger charge is -2.17. The van der Waals surface area contributed by atoms with Crippen molar-refractivity contribution in [1.82, 2.24) is 9.62 Å². The molecule has 2 N–H and O–H groups in total. The van der Waals surface area contributed by atoms with Crippen LogP contribution < -0.4 is 10.6 Å². The van der Waals surface area contributed by atoms with Crippen molar-refractivity contribution in [2.45, 2.75) is 18.4 Å². The van der Waals surface area contributed by atoms with E-state index in [0.717, 1.165) is 14.3 Å². The molecule has 0 spiro atoms. The van der Waals surface area contributed by atoms with Gasteiger partial charge in [-0.15, -0.1) is 0 Å². The fourth-order valence-corrected chi connectivity index (χ4v) is 4.16. The molecule has 28 heavy (non-hydrogen) atoms. The second-order valence-corrected chi connectivity index (χ2v) is 9.35. The molecule has 0 aromatic heterocycles. The van der Waals surface area contributed by atoms with Crippen LogP contribution in [0, 0.1) is 0 Å². The number of halogens is 2. The number of carbonyl (C=O) groups excluding carboxylic acids is 2. The van der Waals surface area contributed by atoms with Crippen molar-refractivity contribution in [2.24, 2.45) is 0 Å². The lowest BCUT2D eigenvalue weighted by molar-refractivity contribution is -0.121.